The normalized spacial score (nSPS) is 61.4. The number of hydrogen-bond donors (Lipinski definition) is 3. The zero-order valence-electron chi connectivity index (χ0n) is 11.7. The molecular weight excluding hydrogens is 244 g/mol. The minimum atomic E-state index is -1.07. The molecule has 4 heteroatoms. The Hall–Kier alpha value is -0.160. The van der Waals surface area contributed by atoms with Crippen LogP contribution >= 0.6 is 0 Å². The zero-order chi connectivity index (χ0) is 13.7. The lowest BCUT2D eigenvalue weighted by atomic mass is 9.57. The van der Waals surface area contributed by atoms with E-state index in [1.165, 1.54) is 0 Å². The van der Waals surface area contributed by atoms with Crippen molar-refractivity contribution in [2.24, 2.45) is 22.7 Å². The van der Waals surface area contributed by atoms with Crippen LogP contribution in [0.5, 0.6) is 0 Å². The summed E-state index contributed by atoms with van der Waals surface area (Å²) >= 11 is 0. The number of aliphatic hydroxyl groups excluding tert-OH is 2. The molecule has 2 bridgehead atoms. The van der Waals surface area contributed by atoms with Gasteiger partial charge < -0.3 is 20.1 Å². The highest BCUT2D eigenvalue weighted by Crippen LogP contribution is 2.76. The van der Waals surface area contributed by atoms with Gasteiger partial charge in [0.2, 0.25) is 0 Å². The molecule has 1 spiro atoms. The Morgan fingerprint density at radius 1 is 1.21 bits per heavy atom. The van der Waals surface area contributed by atoms with Gasteiger partial charge in [0.25, 0.3) is 0 Å². The predicted octanol–water partition coefficient (Wildman–Crippen LogP) is 0.686. The third-order valence-electron chi connectivity index (χ3n) is 7.06. The SMILES string of the molecule is CC12OCC(O)([C@@H](O)[C@@H]3C[C@](C)(CO)C[C@@H]31)C21CC1. The Morgan fingerprint density at radius 3 is 2.47 bits per heavy atom. The Morgan fingerprint density at radius 2 is 1.89 bits per heavy atom. The number of aliphatic hydroxyl groups is 3. The van der Waals surface area contributed by atoms with Crippen molar-refractivity contribution < 1.29 is 20.1 Å². The van der Waals surface area contributed by atoms with Crippen LogP contribution in [0.1, 0.15) is 39.5 Å². The maximum atomic E-state index is 11.0. The molecule has 19 heavy (non-hydrogen) atoms. The largest absolute Gasteiger partial charge is 0.396 e. The summed E-state index contributed by atoms with van der Waals surface area (Å²) in [5.74, 6) is 0.311. The summed E-state index contributed by atoms with van der Waals surface area (Å²) in [7, 11) is 0. The van der Waals surface area contributed by atoms with E-state index in [9.17, 15) is 15.3 Å². The molecular formula is C15H24O4. The van der Waals surface area contributed by atoms with Crippen molar-refractivity contribution in [1.29, 1.82) is 0 Å². The average molecular weight is 268 g/mol. The standard InChI is InChI=1S/C15H24O4/c1-12(7-16)5-9-10(6-12)13(2)14(3-4-14)15(18,8-19-13)11(9)17/h9-11,16-18H,3-8H2,1-2H3/t9-,10+,11+,12+,13?,15?/m1/s1. The monoisotopic (exact) mass is 268 g/mol. The lowest BCUT2D eigenvalue weighted by Gasteiger charge is -2.51. The lowest BCUT2D eigenvalue weighted by Crippen LogP contribution is -2.64. The molecule has 1 heterocycles. The first-order chi connectivity index (χ1) is 8.82. The lowest BCUT2D eigenvalue weighted by molar-refractivity contribution is -0.180. The van der Waals surface area contributed by atoms with Crippen LogP contribution in [-0.4, -0.2) is 45.8 Å². The fraction of sp³-hybridized carbons (Fsp3) is 1.00. The van der Waals surface area contributed by atoms with Gasteiger partial charge in [-0.05, 0) is 49.9 Å². The van der Waals surface area contributed by atoms with Crippen molar-refractivity contribution in [3.05, 3.63) is 0 Å². The van der Waals surface area contributed by atoms with Crippen LogP contribution in [0.2, 0.25) is 0 Å². The Balaban J connectivity index is 1.81. The van der Waals surface area contributed by atoms with E-state index in [0.29, 0.717) is 0 Å². The summed E-state index contributed by atoms with van der Waals surface area (Å²) in [6, 6.07) is 0. The van der Waals surface area contributed by atoms with Crippen molar-refractivity contribution >= 4 is 0 Å². The molecule has 3 saturated carbocycles. The van der Waals surface area contributed by atoms with Gasteiger partial charge in [-0.25, -0.2) is 0 Å². The molecule has 0 aromatic carbocycles. The van der Waals surface area contributed by atoms with Gasteiger partial charge in [0.15, 0.2) is 0 Å². The second-order valence-electron chi connectivity index (χ2n) is 7.99. The highest BCUT2D eigenvalue weighted by Gasteiger charge is 2.82. The van der Waals surface area contributed by atoms with Gasteiger partial charge in [-0.1, -0.05) is 6.92 Å². The van der Waals surface area contributed by atoms with E-state index in [1.807, 2.05) is 0 Å². The molecule has 3 aliphatic carbocycles. The Kier molecular flexibility index (Phi) is 2.11. The fourth-order valence-electron chi connectivity index (χ4n) is 5.75. The summed E-state index contributed by atoms with van der Waals surface area (Å²) in [4.78, 5) is 0. The van der Waals surface area contributed by atoms with E-state index in [-0.39, 0.29) is 41.5 Å². The zero-order valence-corrected chi connectivity index (χ0v) is 11.7. The van der Waals surface area contributed by atoms with Gasteiger partial charge in [0, 0.05) is 12.0 Å². The van der Waals surface area contributed by atoms with E-state index >= 15 is 0 Å². The van der Waals surface area contributed by atoms with Gasteiger partial charge in [-0.2, -0.15) is 0 Å². The number of hydrogen-bond acceptors (Lipinski definition) is 4. The Labute approximate surface area is 113 Å². The topological polar surface area (TPSA) is 69.9 Å². The summed E-state index contributed by atoms with van der Waals surface area (Å²) in [5.41, 5.74) is -1.76. The van der Waals surface area contributed by atoms with Crippen LogP contribution < -0.4 is 0 Å². The van der Waals surface area contributed by atoms with Gasteiger partial charge in [-0.3, -0.25) is 0 Å². The van der Waals surface area contributed by atoms with Crippen LogP contribution in [0.4, 0.5) is 0 Å². The summed E-state index contributed by atoms with van der Waals surface area (Å²) in [6.07, 6.45) is 2.88. The van der Waals surface area contributed by atoms with E-state index in [2.05, 4.69) is 13.8 Å². The van der Waals surface area contributed by atoms with Gasteiger partial charge in [-0.15, -0.1) is 0 Å². The first kappa shape index (κ1) is 12.6. The maximum Gasteiger partial charge on any atom is 0.122 e. The Bertz CT molecular complexity index is 434. The van der Waals surface area contributed by atoms with Crippen LogP contribution in [0.3, 0.4) is 0 Å². The van der Waals surface area contributed by atoms with E-state index in [1.54, 1.807) is 0 Å². The smallest absolute Gasteiger partial charge is 0.122 e. The molecule has 1 saturated heterocycles. The van der Waals surface area contributed by atoms with Gasteiger partial charge in [0.05, 0.1) is 18.3 Å². The second-order valence-corrected chi connectivity index (χ2v) is 7.99. The molecule has 4 nitrogen and oxygen atoms in total. The molecule has 4 rings (SSSR count). The van der Waals surface area contributed by atoms with Crippen molar-refractivity contribution in [2.45, 2.75) is 56.8 Å². The molecule has 0 aromatic rings. The van der Waals surface area contributed by atoms with Crippen LogP contribution in [0.15, 0.2) is 0 Å². The van der Waals surface area contributed by atoms with Crippen LogP contribution in [0, 0.1) is 22.7 Å². The first-order valence-electron chi connectivity index (χ1n) is 7.47. The van der Waals surface area contributed by atoms with Crippen molar-refractivity contribution in [1.82, 2.24) is 0 Å². The highest BCUT2D eigenvalue weighted by molar-refractivity contribution is 5.31. The van der Waals surface area contributed by atoms with Gasteiger partial charge >= 0.3 is 0 Å². The average Bonchev–Trinajstić information content (AvgIpc) is 3.09. The summed E-state index contributed by atoms with van der Waals surface area (Å²) < 4.78 is 6.08. The second kappa shape index (κ2) is 3.19. The molecule has 4 aliphatic rings. The van der Waals surface area contributed by atoms with E-state index in [4.69, 9.17) is 4.74 Å². The molecule has 0 radical (unpaired) electrons. The van der Waals surface area contributed by atoms with Crippen molar-refractivity contribution in [3.63, 3.8) is 0 Å². The first-order valence-corrected chi connectivity index (χ1v) is 7.47. The maximum absolute atomic E-state index is 11.0. The summed E-state index contributed by atoms with van der Waals surface area (Å²) in [5, 5.41) is 31.4. The third-order valence-corrected chi connectivity index (χ3v) is 7.06. The van der Waals surface area contributed by atoms with Crippen molar-refractivity contribution in [3.8, 4) is 0 Å². The number of rotatable bonds is 1. The van der Waals surface area contributed by atoms with Crippen LogP contribution in [0.25, 0.3) is 0 Å². The van der Waals surface area contributed by atoms with Crippen molar-refractivity contribution in [2.75, 3.05) is 13.2 Å². The molecule has 0 aromatic heterocycles. The van der Waals surface area contributed by atoms with E-state index in [0.717, 1.165) is 25.7 Å². The third kappa shape index (κ3) is 1.13. The fourth-order valence-corrected chi connectivity index (χ4v) is 5.75. The minimum Gasteiger partial charge on any atom is -0.396 e. The molecule has 6 atom stereocenters. The van der Waals surface area contributed by atoms with Gasteiger partial charge in [0.1, 0.15) is 5.60 Å². The number of fused-ring (bicyclic) bond motifs is 2. The van der Waals surface area contributed by atoms with E-state index < -0.39 is 11.7 Å². The quantitative estimate of drug-likeness (QED) is 0.654. The minimum absolute atomic E-state index is 0.0564. The predicted molar refractivity (Wildman–Crippen MR) is 68.4 cm³/mol. The van der Waals surface area contributed by atoms with Crippen LogP contribution in [-0.2, 0) is 4.74 Å². The molecule has 0 amide bonds. The molecule has 2 unspecified atom stereocenters. The number of ether oxygens (including phenoxy) is 1. The summed E-state index contributed by atoms with van der Waals surface area (Å²) in [6.45, 7) is 4.63. The highest BCUT2D eigenvalue weighted by atomic mass is 16.5. The molecule has 1 aliphatic heterocycles. The molecule has 4 fully saturated rings. The molecule has 108 valence electrons. The molecule has 3 N–H and O–H groups in total.